The molecule has 2 aromatic rings. The second kappa shape index (κ2) is 7.00. The van der Waals surface area contributed by atoms with Gasteiger partial charge in [0.15, 0.2) is 5.75 Å². The van der Waals surface area contributed by atoms with Crippen molar-refractivity contribution in [1.29, 1.82) is 0 Å². The zero-order chi connectivity index (χ0) is 15.4. The van der Waals surface area contributed by atoms with Crippen molar-refractivity contribution in [3.8, 4) is 5.75 Å². The van der Waals surface area contributed by atoms with Crippen LogP contribution in [-0.4, -0.2) is 33.0 Å². The average molecular weight is 309 g/mol. The van der Waals surface area contributed by atoms with Gasteiger partial charge in [-0.05, 0) is 38.3 Å². The van der Waals surface area contributed by atoms with Gasteiger partial charge in [0, 0.05) is 6.04 Å². The van der Waals surface area contributed by atoms with E-state index in [1.807, 2.05) is 4.68 Å². The van der Waals surface area contributed by atoms with Crippen molar-refractivity contribution in [2.45, 2.75) is 46.2 Å². The number of hydrogen-bond donors (Lipinski definition) is 1. The second-order valence-corrected chi connectivity index (χ2v) is 5.85. The number of nitrogens with one attached hydrogen (secondary N) is 1. The predicted molar refractivity (Wildman–Crippen MR) is 84.0 cm³/mol. The smallest absolute Gasteiger partial charge is 0.161 e. The van der Waals surface area contributed by atoms with Crippen molar-refractivity contribution in [3.63, 3.8) is 0 Å². The van der Waals surface area contributed by atoms with Gasteiger partial charge in [-0.1, -0.05) is 18.3 Å². The number of aryl methyl sites for hydroxylation is 1. The Morgan fingerprint density at radius 1 is 1.38 bits per heavy atom. The summed E-state index contributed by atoms with van der Waals surface area (Å²) in [4.78, 5) is 1.14. The molecule has 2 aromatic heterocycles. The predicted octanol–water partition coefficient (Wildman–Crippen LogP) is 2.59. The Labute approximate surface area is 129 Å². The van der Waals surface area contributed by atoms with Gasteiger partial charge < -0.3 is 10.1 Å². The molecule has 2 rings (SSSR count). The Morgan fingerprint density at radius 3 is 2.71 bits per heavy atom. The van der Waals surface area contributed by atoms with Gasteiger partial charge in [-0.3, -0.25) is 4.68 Å². The third-order valence-corrected chi connectivity index (χ3v) is 4.20. The molecule has 0 spiro atoms. The number of nitrogens with zero attached hydrogens (tertiary/aromatic N) is 4. The van der Waals surface area contributed by atoms with E-state index in [0.717, 1.165) is 35.0 Å². The number of rotatable bonds is 7. The van der Waals surface area contributed by atoms with Crippen molar-refractivity contribution in [2.24, 2.45) is 0 Å². The minimum Gasteiger partial charge on any atom is -0.493 e. The number of methoxy groups -OCH3 is 1. The van der Waals surface area contributed by atoms with E-state index in [9.17, 15) is 0 Å². The van der Waals surface area contributed by atoms with Gasteiger partial charge in [0.1, 0.15) is 5.69 Å². The van der Waals surface area contributed by atoms with Crippen LogP contribution in [0.3, 0.4) is 0 Å². The maximum atomic E-state index is 5.52. The summed E-state index contributed by atoms with van der Waals surface area (Å²) in [5.41, 5.74) is 2.07. The summed E-state index contributed by atoms with van der Waals surface area (Å²) in [5, 5.41) is 12.2. The molecule has 6 nitrogen and oxygen atoms in total. The molecular formula is C14H23N5OS. The Bertz CT molecular complexity index is 578. The highest BCUT2D eigenvalue weighted by Gasteiger charge is 2.27. The topological polar surface area (TPSA) is 64.9 Å². The minimum absolute atomic E-state index is 0.00444. The van der Waals surface area contributed by atoms with Gasteiger partial charge in [-0.2, -0.15) is 5.10 Å². The number of hydrogen-bond acceptors (Lipinski definition) is 6. The third kappa shape index (κ3) is 3.08. The van der Waals surface area contributed by atoms with Crippen molar-refractivity contribution in [1.82, 2.24) is 24.7 Å². The van der Waals surface area contributed by atoms with E-state index >= 15 is 0 Å². The average Bonchev–Trinajstić information content (AvgIpc) is 3.10. The van der Waals surface area contributed by atoms with Gasteiger partial charge in [0.05, 0.1) is 29.9 Å². The summed E-state index contributed by atoms with van der Waals surface area (Å²) < 4.78 is 11.6. The van der Waals surface area contributed by atoms with Crippen LogP contribution in [0.15, 0.2) is 6.20 Å². The molecule has 0 aliphatic rings. The molecule has 0 fully saturated rings. The standard InChI is InChI=1S/C14H23N5OS/c1-6-10-14(21-18-17-10)12(15-7-2)13-11(20-5)8-16-19(13)9(3)4/h8-9,12,15H,6-7H2,1-5H3. The molecule has 1 atom stereocenters. The van der Waals surface area contributed by atoms with Crippen molar-refractivity contribution >= 4 is 11.5 Å². The summed E-state index contributed by atoms with van der Waals surface area (Å²) in [6, 6.07) is 0.265. The Morgan fingerprint density at radius 2 is 2.14 bits per heavy atom. The summed E-state index contributed by atoms with van der Waals surface area (Å²) in [7, 11) is 1.68. The lowest BCUT2D eigenvalue weighted by molar-refractivity contribution is 0.394. The Hall–Kier alpha value is -1.47. The Kier molecular flexibility index (Phi) is 5.30. The lowest BCUT2D eigenvalue weighted by atomic mass is 10.1. The normalized spacial score (nSPS) is 12.9. The Balaban J connectivity index is 2.55. The minimum atomic E-state index is 0.00444. The van der Waals surface area contributed by atoms with Gasteiger partial charge in [0.2, 0.25) is 0 Å². The fourth-order valence-electron chi connectivity index (χ4n) is 2.40. The van der Waals surface area contributed by atoms with Crippen LogP contribution in [0.25, 0.3) is 0 Å². The van der Waals surface area contributed by atoms with Crippen LogP contribution in [0.1, 0.15) is 56.0 Å². The van der Waals surface area contributed by atoms with E-state index in [1.54, 1.807) is 13.3 Å². The molecule has 116 valence electrons. The fourth-order valence-corrected chi connectivity index (χ4v) is 3.22. The molecule has 0 aliphatic heterocycles. The maximum absolute atomic E-state index is 5.52. The molecule has 0 aliphatic carbocycles. The first-order valence-electron chi connectivity index (χ1n) is 7.29. The van der Waals surface area contributed by atoms with Crippen LogP contribution in [0.4, 0.5) is 0 Å². The largest absolute Gasteiger partial charge is 0.493 e. The second-order valence-electron chi connectivity index (χ2n) is 5.06. The SMILES string of the molecule is CCNC(c1snnc1CC)c1c(OC)cnn1C(C)C. The van der Waals surface area contributed by atoms with Crippen molar-refractivity contribution in [3.05, 3.63) is 22.5 Å². The van der Waals surface area contributed by atoms with E-state index in [0.29, 0.717) is 0 Å². The van der Waals surface area contributed by atoms with Gasteiger partial charge in [-0.25, -0.2) is 0 Å². The molecule has 0 bridgehead atoms. The van der Waals surface area contributed by atoms with E-state index < -0.39 is 0 Å². The molecule has 1 N–H and O–H groups in total. The van der Waals surface area contributed by atoms with Crippen LogP contribution in [0.5, 0.6) is 5.75 Å². The first-order chi connectivity index (χ1) is 10.1. The first kappa shape index (κ1) is 15.9. The van der Waals surface area contributed by atoms with Crippen LogP contribution in [0, 0.1) is 0 Å². The van der Waals surface area contributed by atoms with Crippen LogP contribution < -0.4 is 10.1 Å². The number of aromatic nitrogens is 4. The van der Waals surface area contributed by atoms with Gasteiger partial charge in [0.25, 0.3) is 0 Å². The summed E-state index contributed by atoms with van der Waals surface area (Å²) >= 11 is 1.44. The van der Waals surface area contributed by atoms with Crippen LogP contribution >= 0.6 is 11.5 Å². The van der Waals surface area contributed by atoms with Gasteiger partial charge in [-0.15, -0.1) is 5.10 Å². The molecular weight excluding hydrogens is 286 g/mol. The molecule has 0 saturated heterocycles. The van der Waals surface area contributed by atoms with Gasteiger partial charge >= 0.3 is 0 Å². The highest BCUT2D eigenvalue weighted by Crippen LogP contribution is 2.34. The van der Waals surface area contributed by atoms with E-state index in [4.69, 9.17) is 4.74 Å². The summed E-state index contributed by atoms with van der Waals surface area (Å²) in [6.07, 6.45) is 2.64. The zero-order valence-corrected chi connectivity index (χ0v) is 14.1. The lowest BCUT2D eigenvalue weighted by Crippen LogP contribution is -2.26. The molecule has 0 radical (unpaired) electrons. The molecule has 7 heteroatoms. The number of ether oxygens (including phenoxy) is 1. The lowest BCUT2D eigenvalue weighted by Gasteiger charge is -2.21. The van der Waals surface area contributed by atoms with Crippen molar-refractivity contribution in [2.75, 3.05) is 13.7 Å². The van der Waals surface area contributed by atoms with Crippen LogP contribution in [0.2, 0.25) is 0 Å². The van der Waals surface area contributed by atoms with Crippen molar-refractivity contribution < 1.29 is 4.74 Å². The molecule has 21 heavy (non-hydrogen) atoms. The summed E-state index contributed by atoms with van der Waals surface area (Å²) in [5.74, 6) is 0.796. The zero-order valence-electron chi connectivity index (χ0n) is 13.3. The van der Waals surface area contributed by atoms with Crippen LogP contribution in [-0.2, 0) is 6.42 Å². The monoisotopic (exact) mass is 309 g/mol. The van der Waals surface area contributed by atoms with E-state index in [2.05, 4.69) is 47.7 Å². The van der Waals surface area contributed by atoms with E-state index in [-0.39, 0.29) is 12.1 Å². The fraction of sp³-hybridized carbons (Fsp3) is 0.643. The highest BCUT2D eigenvalue weighted by molar-refractivity contribution is 7.05. The first-order valence-corrected chi connectivity index (χ1v) is 8.07. The molecule has 1 unspecified atom stereocenters. The highest BCUT2D eigenvalue weighted by atomic mass is 32.1. The molecule has 2 heterocycles. The third-order valence-electron chi connectivity index (χ3n) is 3.37. The quantitative estimate of drug-likeness (QED) is 0.851. The maximum Gasteiger partial charge on any atom is 0.161 e. The summed E-state index contributed by atoms with van der Waals surface area (Å²) in [6.45, 7) is 9.27. The molecule has 0 saturated carbocycles. The molecule has 0 amide bonds. The molecule has 0 aromatic carbocycles. The van der Waals surface area contributed by atoms with E-state index in [1.165, 1.54) is 11.5 Å².